The van der Waals surface area contributed by atoms with E-state index in [1.165, 1.54) is 12.0 Å². The molecule has 0 N–H and O–H groups in total. The van der Waals surface area contributed by atoms with Crippen LogP contribution in [0.3, 0.4) is 0 Å². The first-order valence-corrected chi connectivity index (χ1v) is 10.3. The van der Waals surface area contributed by atoms with Crippen LogP contribution < -0.4 is 0 Å². The van der Waals surface area contributed by atoms with Crippen LogP contribution in [0.1, 0.15) is 58.0 Å². The summed E-state index contributed by atoms with van der Waals surface area (Å²) >= 11 is 0. The number of rotatable bonds is 4. The summed E-state index contributed by atoms with van der Waals surface area (Å²) in [5.74, 6) is 0.771. The first-order chi connectivity index (χ1) is 13.4. The molecular formula is C23H32N4OS. The summed E-state index contributed by atoms with van der Waals surface area (Å²) < 4.78 is 0. The van der Waals surface area contributed by atoms with Gasteiger partial charge in [-0.2, -0.15) is 13.5 Å². The third-order valence-corrected chi connectivity index (χ3v) is 6.27. The number of hydrogen-bond acceptors (Lipinski definition) is 4. The fourth-order valence-corrected chi connectivity index (χ4v) is 4.67. The molecule has 0 unspecified atom stereocenters. The summed E-state index contributed by atoms with van der Waals surface area (Å²) in [7, 11) is 1.87. The minimum atomic E-state index is 0. The molecule has 1 saturated heterocycles. The standard InChI is InChI=1S/C23H30N4O.H2S/c1-15-9-19(10-16(2)25-15)11-18-5-8-27(14-18)17(3)20-12-21-22(24-13-20)6-7-26(4)23(21)28;/h9-10,12-13,17-18H,5-8,11,14H2,1-4H3;1H2/t17-,18-;/m1./s1. The van der Waals surface area contributed by atoms with Gasteiger partial charge < -0.3 is 4.90 Å². The van der Waals surface area contributed by atoms with Crippen molar-refractivity contribution in [1.29, 1.82) is 0 Å². The molecular weight excluding hydrogens is 380 g/mol. The first-order valence-electron chi connectivity index (χ1n) is 10.3. The Balaban J connectivity index is 0.00000240. The zero-order chi connectivity index (χ0) is 19.8. The van der Waals surface area contributed by atoms with Crippen LogP contribution in [0.5, 0.6) is 0 Å². The molecule has 4 rings (SSSR count). The Morgan fingerprint density at radius 3 is 2.62 bits per heavy atom. The number of likely N-dealkylation sites (N-methyl/N-ethyl adjacent to an activating group) is 1. The summed E-state index contributed by atoms with van der Waals surface area (Å²) in [5, 5.41) is 0. The van der Waals surface area contributed by atoms with Crippen molar-refractivity contribution in [2.45, 2.75) is 46.1 Å². The van der Waals surface area contributed by atoms with E-state index in [1.54, 1.807) is 4.90 Å². The van der Waals surface area contributed by atoms with Crippen LogP contribution in [0, 0.1) is 19.8 Å². The number of amides is 1. The molecule has 2 aromatic heterocycles. The van der Waals surface area contributed by atoms with Crippen molar-refractivity contribution >= 4 is 19.4 Å². The van der Waals surface area contributed by atoms with Gasteiger partial charge in [0, 0.05) is 50.2 Å². The normalized spacial score (nSPS) is 20.3. The molecule has 2 aliphatic rings. The zero-order valence-electron chi connectivity index (χ0n) is 17.9. The average Bonchev–Trinajstić information content (AvgIpc) is 3.11. The number of carbonyl (C=O) groups is 1. The first kappa shape index (κ1) is 21.8. The van der Waals surface area contributed by atoms with Crippen molar-refractivity contribution in [3.8, 4) is 0 Å². The van der Waals surface area contributed by atoms with Crippen LogP contribution in [0.2, 0.25) is 0 Å². The van der Waals surface area contributed by atoms with Crippen molar-refractivity contribution in [1.82, 2.24) is 19.8 Å². The van der Waals surface area contributed by atoms with Crippen LogP contribution in [0.15, 0.2) is 24.4 Å². The quantitative estimate of drug-likeness (QED) is 0.772. The molecule has 156 valence electrons. The molecule has 29 heavy (non-hydrogen) atoms. The summed E-state index contributed by atoms with van der Waals surface area (Å²) in [6.07, 6.45) is 5.15. The summed E-state index contributed by atoms with van der Waals surface area (Å²) in [6, 6.07) is 6.79. The minimum absolute atomic E-state index is 0. The highest BCUT2D eigenvalue weighted by Crippen LogP contribution is 2.30. The summed E-state index contributed by atoms with van der Waals surface area (Å²) in [6.45, 7) is 9.33. The van der Waals surface area contributed by atoms with Crippen LogP contribution in [0.25, 0.3) is 0 Å². The highest BCUT2D eigenvalue weighted by atomic mass is 32.1. The Labute approximate surface area is 181 Å². The second kappa shape index (κ2) is 8.84. The van der Waals surface area contributed by atoms with Crippen LogP contribution >= 0.6 is 13.5 Å². The summed E-state index contributed by atoms with van der Waals surface area (Å²) in [5.41, 5.74) is 6.49. The molecule has 2 aromatic rings. The van der Waals surface area contributed by atoms with E-state index in [1.807, 2.05) is 13.2 Å². The fraction of sp³-hybridized carbons (Fsp3) is 0.522. The third kappa shape index (κ3) is 4.64. The van der Waals surface area contributed by atoms with E-state index in [4.69, 9.17) is 0 Å². The predicted molar refractivity (Wildman–Crippen MR) is 121 cm³/mol. The highest BCUT2D eigenvalue weighted by Gasteiger charge is 2.29. The Morgan fingerprint density at radius 1 is 1.17 bits per heavy atom. The highest BCUT2D eigenvalue weighted by molar-refractivity contribution is 7.59. The second-order valence-electron chi connectivity index (χ2n) is 8.53. The fourth-order valence-electron chi connectivity index (χ4n) is 4.67. The smallest absolute Gasteiger partial charge is 0.255 e. The lowest BCUT2D eigenvalue weighted by Gasteiger charge is -2.28. The molecule has 1 fully saturated rings. The molecule has 0 aromatic carbocycles. The maximum Gasteiger partial charge on any atom is 0.255 e. The van der Waals surface area contributed by atoms with Gasteiger partial charge in [0.25, 0.3) is 5.91 Å². The number of aryl methyl sites for hydroxylation is 2. The SMILES string of the molecule is Cc1cc(C[C@H]2CCN([C@H](C)c3cnc4c(c3)C(=O)N(C)CC4)C2)cc(C)n1.S. The van der Waals surface area contributed by atoms with E-state index in [2.05, 4.69) is 53.8 Å². The lowest BCUT2D eigenvalue weighted by Crippen LogP contribution is -2.35. The van der Waals surface area contributed by atoms with Gasteiger partial charge in [0.2, 0.25) is 0 Å². The number of hydrogen-bond donors (Lipinski definition) is 0. The van der Waals surface area contributed by atoms with Gasteiger partial charge in [-0.15, -0.1) is 0 Å². The van der Waals surface area contributed by atoms with E-state index in [-0.39, 0.29) is 25.4 Å². The largest absolute Gasteiger partial charge is 0.341 e. The molecule has 0 bridgehead atoms. The average molecular weight is 413 g/mol. The lowest BCUT2D eigenvalue weighted by molar-refractivity contribution is 0.0778. The van der Waals surface area contributed by atoms with Gasteiger partial charge in [0.1, 0.15) is 0 Å². The lowest BCUT2D eigenvalue weighted by atomic mass is 9.98. The monoisotopic (exact) mass is 412 g/mol. The van der Waals surface area contributed by atoms with Gasteiger partial charge in [-0.1, -0.05) is 0 Å². The molecule has 4 heterocycles. The number of aromatic nitrogens is 2. The van der Waals surface area contributed by atoms with Crippen LogP contribution in [-0.2, 0) is 12.8 Å². The van der Waals surface area contributed by atoms with Crippen LogP contribution in [0.4, 0.5) is 0 Å². The van der Waals surface area contributed by atoms with E-state index >= 15 is 0 Å². The van der Waals surface area contributed by atoms with Crippen molar-refractivity contribution < 1.29 is 4.79 Å². The Morgan fingerprint density at radius 2 is 1.90 bits per heavy atom. The summed E-state index contributed by atoms with van der Waals surface area (Å²) in [4.78, 5) is 25.9. The maximum absolute atomic E-state index is 12.5. The zero-order valence-corrected chi connectivity index (χ0v) is 18.9. The number of fused-ring (bicyclic) bond motifs is 1. The number of likely N-dealkylation sites (tertiary alicyclic amines) is 1. The molecule has 2 atom stereocenters. The number of pyridine rings is 2. The van der Waals surface area contributed by atoms with Crippen LogP contribution in [-0.4, -0.2) is 52.4 Å². The molecule has 5 nitrogen and oxygen atoms in total. The number of nitrogens with zero attached hydrogens (tertiary/aromatic N) is 4. The number of carbonyl (C=O) groups excluding carboxylic acids is 1. The van der Waals surface area contributed by atoms with Gasteiger partial charge in [0.15, 0.2) is 0 Å². The molecule has 0 spiro atoms. The molecule has 6 heteroatoms. The van der Waals surface area contributed by atoms with E-state index in [0.29, 0.717) is 5.92 Å². The maximum atomic E-state index is 12.5. The van der Waals surface area contributed by atoms with E-state index in [0.717, 1.165) is 60.7 Å². The van der Waals surface area contributed by atoms with Crippen molar-refractivity contribution in [3.05, 3.63) is 58.2 Å². The van der Waals surface area contributed by atoms with Gasteiger partial charge in [0.05, 0.1) is 11.3 Å². The topological polar surface area (TPSA) is 49.3 Å². The van der Waals surface area contributed by atoms with Gasteiger partial charge in [-0.3, -0.25) is 19.7 Å². The second-order valence-corrected chi connectivity index (χ2v) is 8.53. The van der Waals surface area contributed by atoms with E-state index in [9.17, 15) is 4.79 Å². The molecule has 0 radical (unpaired) electrons. The Hall–Kier alpha value is -1.92. The third-order valence-electron chi connectivity index (χ3n) is 6.27. The van der Waals surface area contributed by atoms with Gasteiger partial charge >= 0.3 is 0 Å². The van der Waals surface area contributed by atoms with Gasteiger partial charge in [-0.05, 0) is 75.4 Å². The van der Waals surface area contributed by atoms with Crippen molar-refractivity contribution in [2.24, 2.45) is 5.92 Å². The predicted octanol–water partition coefficient (Wildman–Crippen LogP) is 3.46. The molecule has 0 aliphatic carbocycles. The van der Waals surface area contributed by atoms with Crippen molar-refractivity contribution in [2.75, 3.05) is 26.7 Å². The minimum Gasteiger partial charge on any atom is -0.341 e. The Bertz CT molecular complexity index is 880. The molecule has 1 amide bonds. The van der Waals surface area contributed by atoms with E-state index < -0.39 is 0 Å². The van der Waals surface area contributed by atoms with Crippen molar-refractivity contribution in [3.63, 3.8) is 0 Å². The Kier molecular flexibility index (Phi) is 6.64. The molecule has 0 saturated carbocycles. The molecule has 2 aliphatic heterocycles. The van der Waals surface area contributed by atoms with Gasteiger partial charge in [-0.25, -0.2) is 0 Å².